The van der Waals surface area contributed by atoms with Crippen LogP contribution in [0.1, 0.15) is 101 Å². The highest BCUT2D eigenvalue weighted by molar-refractivity contribution is 5.99. The SMILES string of the molecule is Cc1c(C)n(Cc2ccc(-c3ccccc3C(=O)OC(C)(C)C)cc2)c2ccc(C(=O)N[C@@H](C)c3ccc(C4CC4)nc3)cc12. The minimum absolute atomic E-state index is 0.0947. The fourth-order valence-corrected chi connectivity index (χ4v) is 5.87. The maximum atomic E-state index is 13.3. The number of aromatic nitrogens is 2. The summed E-state index contributed by atoms with van der Waals surface area (Å²) >= 11 is 0. The Labute approximate surface area is 265 Å². The molecule has 3 aromatic carbocycles. The second-order valence-corrected chi connectivity index (χ2v) is 13.3. The van der Waals surface area contributed by atoms with E-state index in [0.29, 0.717) is 23.6 Å². The highest BCUT2D eigenvalue weighted by Gasteiger charge is 2.25. The van der Waals surface area contributed by atoms with Gasteiger partial charge in [-0.2, -0.15) is 0 Å². The lowest BCUT2D eigenvalue weighted by Crippen LogP contribution is -2.26. The van der Waals surface area contributed by atoms with E-state index in [-0.39, 0.29) is 17.9 Å². The Morgan fingerprint density at radius 3 is 2.38 bits per heavy atom. The van der Waals surface area contributed by atoms with E-state index < -0.39 is 5.60 Å². The van der Waals surface area contributed by atoms with Gasteiger partial charge in [0.05, 0.1) is 11.6 Å². The minimum atomic E-state index is -0.563. The third kappa shape index (κ3) is 6.56. The van der Waals surface area contributed by atoms with Crippen molar-refractivity contribution in [1.82, 2.24) is 14.9 Å². The van der Waals surface area contributed by atoms with Gasteiger partial charge in [0, 0.05) is 46.5 Å². The molecular weight excluding hydrogens is 558 g/mol. The van der Waals surface area contributed by atoms with Crippen LogP contribution in [-0.4, -0.2) is 27.0 Å². The van der Waals surface area contributed by atoms with Crippen LogP contribution in [0.3, 0.4) is 0 Å². The van der Waals surface area contributed by atoms with Crippen molar-refractivity contribution in [3.63, 3.8) is 0 Å². The van der Waals surface area contributed by atoms with Gasteiger partial charge >= 0.3 is 5.97 Å². The molecule has 2 aromatic heterocycles. The maximum absolute atomic E-state index is 13.3. The molecule has 6 rings (SSSR count). The summed E-state index contributed by atoms with van der Waals surface area (Å²) < 4.78 is 7.95. The zero-order valence-corrected chi connectivity index (χ0v) is 27.0. The monoisotopic (exact) mass is 599 g/mol. The number of esters is 1. The van der Waals surface area contributed by atoms with Gasteiger partial charge in [-0.1, -0.05) is 48.5 Å². The Hall–Kier alpha value is -4.71. The van der Waals surface area contributed by atoms with Crippen molar-refractivity contribution in [2.75, 3.05) is 0 Å². The number of nitrogens with zero attached hydrogens (tertiary/aromatic N) is 2. The summed E-state index contributed by atoms with van der Waals surface area (Å²) in [5, 5.41) is 4.22. The average Bonchev–Trinajstić information content (AvgIpc) is 3.85. The van der Waals surface area contributed by atoms with Crippen LogP contribution in [0.2, 0.25) is 0 Å². The first-order valence-corrected chi connectivity index (χ1v) is 15.8. The van der Waals surface area contributed by atoms with Crippen LogP contribution in [0, 0.1) is 13.8 Å². The van der Waals surface area contributed by atoms with Gasteiger partial charge in [0.2, 0.25) is 0 Å². The number of fused-ring (bicyclic) bond motifs is 1. The van der Waals surface area contributed by atoms with Gasteiger partial charge in [0.15, 0.2) is 0 Å². The van der Waals surface area contributed by atoms with Crippen molar-refractivity contribution >= 4 is 22.8 Å². The van der Waals surface area contributed by atoms with E-state index in [1.165, 1.54) is 12.8 Å². The lowest BCUT2D eigenvalue weighted by atomic mass is 9.98. The van der Waals surface area contributed by atoms with E-state index in [1.807, 2.05) is 76.4 Å². The average molecular weight is 600 g/mol. The van der Waals surface area contributed by atoms with Crippen LogP contribution in [0.4, 0.5) is 0 Å². The molecule has 1 amide bonds. The molecule has 1 saturated carbocycles. The van der Waals surface area contributed by atoms with Crippen molar-refractivity contribution < 1.29 is 14.3 Å². The number of nitrogens with one attached hydrogen (secondary N) is 1. The normalized spacial score (nSPS) is 13.9. The zero-order chi connectivity index (χ0) is 31.9. The highest BCUT2D eigenvalue weighted by Crippen LogP contribution is 2.39. The predicted molar refractivity (Wildman–Crippen MR) is 180 cm³/mol. The van der Waals surface area contributed by atoms with Crippen molar-refractivity contribution in [2.45, 2.75) is 78.5 Å². The van der Waals surface area contributed by atoms with E-state index in [2.05, 4.69) is 65.1 Å². The first-order valence-electron chi connectivity index (χ1n) is 15.8. The molecule has 0 unspecified atom stereocenters. The number of rotatable bonds is 8. The van der Waals surface area contributed by atoms with Crippen molar-refractivity contribution in [3.8, 4) is 11.1 Å². The lowest BCUT2D eigenvalue weighted by molar-refractivity contribution is 0.00703. The summed E-state index contributed by atoms with van der Waals surface area (Å²) in [4.78, 5) is 30.8. The van der Waals surface area contributed by atoms with Crippen LogP contribution in [0.5, 0.6) is 0 Å². The molecule has 1 aliphatic carbocycles. The third-order valence-corrected chi connectivity index (χ3v) is 8.71. The molecule has 2 heterocycles. The Morgan fingerprint density at radius 1 is 0.978 bits per heavy atom. The van der Waals surface area contributed by atoms with Crippen LogP contribution < -0.4 is 5.32 Å². The standard InChI is InChI=1S/C39H41N3O3/c1-24-26(3)42(23-27-11-13-28(14-12-27)32-9-7-8-10-33(32)38(44)45-39(4,5)6)36-20-18-30(21-34(24)36)37(43)41-25(2)31-17-19-35(40-22-31)29-15-16-29/h7-14,17-22,25,29H,15-16,23H2,1-6H3,(H,41,43)/t25-/m0/s1. The predicted octanol–water partition coefficient (Wildman–Crippen LogP) is 8.69. The molecule has 0 saturated heterocycles. The Balaban J connectivity index is 1.19. The number of hydrogen-bond donors (Lipinski definition) is 1. The number of carbonyl (C=O) groups excluding carboxylic acids is 2. The summed E-state index contributed by atoms with van der Waals surface area (Å²) in [6.07, 6.45) is 4.34. The molecule has 5 aromatic rings. The van der Waals surface area contributed by atoms with Gasteiger partial charge in [0.25, 0.3) is 5.91 Å². The molecule has 1 N–H and O–H groups in total. The van der Waals surface area contributed by atoms with Gasteiger partial charge in [-0.15, -0.1) is 0 Å². The van der Waals surface area contributed by atoms with Crippen molar-refractivity contribution in [1.29, 1.82) is 0 Å². The molecule has 45 heavy (non-hydrogen) atoms. The molecule has 230 valence electrons. The first kappa shape index (κ1) is 30.3. The number of benzene rings is 3. The van der Waals surface area contributed by atoms with E-state index in [4.69, 9.17) is 4.74 Å². The Bertz CT molecular complexity index is 1870. The maximum Gasteiger partial charge on any atom is 0.339 e. The number of ether oxygens (including phenoxy) is 1. The summed E-state index contributed by atoms with van der Waals surface area (Å²) in [5.74, 6) is 0.194. The topological polar surface area (TPSA) is 73.2 Å². The summed E-state index contributed by atoms with van der Waals surface area (Å²) in [7, 11) is 0. The van der Waals surface area contributed by atoms with E-state index >= 15 is 0 Å². The van der Waals surface area contributed by atoms with Crippen LogP contribution in [0.15, 0.2) is 85.1 Å². The van der Waals surface area contributed by atoms with Crippen molar-refractivity contribution in [3.05, 3.63) is 124 Å². The molecular formula is C39H41N3O3. The number of pyridine rings is 1. The number of amides is 1. The van der Waals surface area contributed by atoms with Gasteiger partial charge in [-0.3, -0.25) is 9.78 Å². The van der Waals surface area contributed by atoms with Gasteiger partial charge in [-0.05, 0) is 113 Å². The fourth-order valence-electron chi connectivity index (χ4n) is 5.87. The molecule has 0 aliphatic heterocycles. The van der Waals surface area contributed by atoms with Crippen LogP contribution in [-0.2, 0) is 11.3 Å². The largest absolute Gasteiger partial charge is 0.456 e. The molecule has 1 atom stereocenters. The Morgan fingerprint density at radius 2 is 1.71 bits per heavy atom. The van der Waals surface area contributed by atoms with Crippen molar-refractivity contribution in [2.24, 2.45) is 0 Å². The molecule has 6 nitrogen and oxygen atoms in total. The van der Waals surface area contributed by atoms with Gasteiger partial charge in [-0.25, -0.2) is 4.79 Å². The molecule has 1 fully saturated rings. The van der Waals surface area contributed by atoms with E-state index in [0.717, 1.165) is 50.1 Å². The molecule has 1 aliphatic rings. The summed E-state index contributed by atoms with van der Waals surface area (Å²) in [6.45, 7) is 12.6. The van der Waals surface area contributed by atoms with Gasteiger partial charge in [0.1, 0.15) is 5.60 Å². The molecule has 6 heteroatoms. The van der Waals surface area contributed by atoms with Crippen LogP contribution >= 0.6 is 0 Å². The van der Waals surface area contributed by atoms with Gasteiger partial charge < -0.3 is 14.6 Å². The summed E-state index contributed by atoms with van der Waals surface area (Å²) in [5.41, 5.74) is 9.17. The van der Waals surface area contributed by atoms with E-state index in [1.54, 1.807) is 0 Å². The number of hydrogen-bond acceptors (Lipinski definition) is 4. The second kappa shape index (κ2) is 12.0. The highest BCUT2D eigenvalue weighted by atomic mass is 16.6. The van der Waals surface area contributed by atoms with E-state index in [9.17, 15) is 9.59 Å². The van der Waals surface area contributed by atoms with Crippen LogP contribution in [0.25, 0.3) is 22.0 Å². The molecule has 0 radical (unpaired) electrons. The quantitative estimate of drug-likeness (QED) is 0.181. The second-order valence-electron chi connectivity index (χ2n) is 13.3. The fraction of sp³-hybridized carbons (Fsp3) is 0.308. The molecule has 0 spiro atoms. The third-order valence-electron chi connectivity index (χ3n) is 8.71. The number of carbonyl (C=O) groups is 2. The minimum Gasteiger partial charge on any atom is -0.456 e. The smallest absolute Gasteiger partial charge is 0.339 e. The Kier molecular flexibility index (Phi) is 8.08. The zero-order valence-electron chi connectivity index (χ0n) is 27.0. The summed E-state index contributed by atoms with van der Waals surface area (Å²) in [6, 6.07) is 25.9. The number of aryl methyl sites for hydroxylation is 1. The molecule has 0 bridgehead atoms. The first-order chi connectivity index (χ1) is 21.5. The lowest BCUT2D eigenvalue weighted by Gasteiger charge is -2.20.